The number of thiazole rings is 1. The van der Waals surface area contributed by atoms with Gasteiger partial charge in [-0.05, 0) is 41.8 Å². The first-order chi connectivity index (χ1) is 12.2. The van der Waals surface area contributed by atoms with E-state index in [2.05, 4.69) is 23.3 Å². The van der Waals surface area contributed by atoms with Crippen molar-refractivity contribution < 1.29 is 14.3 Å². The van der Waals surface area contributed by atoms with E-state index in [1.165, 1.54) is 23.0 Å². The predicted molar refractivity (Wildman–Crippen MR) is 99.2 cm³/mol. The molecular weight excluding hydrogens is 336 g/mol. The fraction of sp³-hybridized carbons (Fsp3) is 0.158. The topological polar surface area (TPSA) is 60.5 Å². The Labute approximate surface area is 148 Å². The molecule has 1 aromatic heterocycles. The SMILES string of the molecule is CCc1cccc2sc(NC(=O)/C=C\c3ccc4c(c3)OCO4)nc12. The molecule has 1 amide bonds. The number of nitrogens with zero attached hydrogens (tertiary/aromatic N) is 1. The Balaban J connectivity index is 1.48. The normalized spacial score (nSPS) is 12.8. The van der Waals surface area contributed by atoms with Gasteiger partial charge in [0.25, 0.3) is 0 Å². The lowest BCUT2D eigenvalue weighted by atomic mass is 10.1. The number of anilines is 1. The molecule has 0 unspecified atom stereocenters. The Morgan fingerprint density at radius 3 is 3.04 bits per heavy atom. The Morgan fingerprint density at radius 2 is 2.16 bits per heavy atom. The molecule has 0 radical (unpaired) electrons. The molecule has 2 aromatic carbocycles. The maximum atomic E-state index is 12.2. The van der Waals surface area contributed by atoms with E-state index in [0.29, 0.717) is 10.9 Å². The third kappa shape index (κ3) is 3.21. The van der Waals surface area contributed by atoms with Crippen molar-refractivity contribution in [2.24, 2.45) is 0 Å². The van der Waals surface area contributed by atoms with Crippen LogP contribution in [0.5, 0.6) is 11.5 Å². The molecule has 1 aliphatic rings. The van der Waals surface area contributed by atoms with Gasteiger partial charge in [0.05, 0.1) is 10.2 Å². The van der Waals surface area contributed by atoms with Crippen LogP contribution in [-0.4, -0.2) is 17.7 Å². The monoisotopic (exact) mass is 352 g/mol. The second-order valence-electron chi connectivity index (χ2n) is 5.57. The molecule has 2 heterocycles. The Bertz CT molecular complexity index is 978. The molecule has 0 saturated heterocycles. The molecule has 0 aliphatic carbocycles. The summed E-state index contributed by atoms with van der Waals surface area (Å²) < 4.78 is 11.7. The van der Waals surface area contributed by atoms with Crippen LogP contribution < -0.4 is 14.8 Å². The summed E-state index contributed by atoms with van der Waals surface area (Å²) in [5.74, 6) is 1.21. The minimum Gasteiger partial charge on any atom is -0.454 e. The molecule has 0 spiro atoms. The molecule has 4 rings (SSSR count). The number of aromatic nitrogens is 1. The quantitative estimate of drug-likeness (QED) is 0.714. The van der Waals surface area contributed by atoms with Crippen molar-refractivity contribution in [3.63, 3.8) is 0 Å². The second kappa shape index (κ2) is 6.57. The summed E-state index contributed by atoms with van der Waals surface area (Å²) in [5.41, 5.74) is 3.02. The largest absolute Gasteiger partial charge is 0.454 e. The van der Waals surface area contributed by atoms with Crippen molar-refractivity contribution in [3.8, 4) is 11.5 Å². The maximum absolute atomic E-state index is 12.2. The van der Waals surface area contributed by atoms with Gasteiger partial charge in [0, 0.05) is 6.08 Å². The number of hydrogen-bond acceptors (Lipinski definition) is 5. The third-order valence-electron chi connectivity index (χ3n) is 3.94. The van der Waals surface area contributed by atoms with Gasteiger partial charge < -0.3 is 9.47 Å². The van der Waals surface area contributed by atoms with E-state index in [0.717, 1.165) is 28.0 Å². The third-order valence-corrected chi connectivity index (χ3v) is 4.87. The van der Waals surface area contributed by atoms with Crippen LogP contribution in [0.4, 0.5) is 5.13 Å². The van der Waals surface area contributed by atoms with Gasteiger partial charge in [-0.3, -0.25) is 10.1 Å². The van der Waals surface area contributed by atoms with E-state index in [-0.39, 0.29) is 12.7 Å². The summed E-state index contributed by atoms with van der Waals surface area (Å²) in [5, 5.41) is 3.44. The van der Waals surface area contributed by atoms with Gasteiger partial charge in [-0.1, -0.05) is 36.5 Å². The van der Waals surface area contributed by atoms with E-state index in [1.54, 1.807) is 6.08 Å². The lowest BCUT2D eigenvalue weighted by molar-refractivity contribution is -0.111. The number of amides is 1. The number of fused-ring (bicyclic) bond motifs is 2. The minimum atomic E-state index is -0.213. The minimum absolute atomic E-state index is 0.213. The zero-order chi connectivity index (χ0) is 17.2. The molecule has 0 saturated carbocycles. The van der Waals surface area contributed by atoms with E-state index < -0.39 is 0 Å². The number of para-hydroxylation sites is 1. The van der Waals surface area contributed by atoms with Crippen molar-refractivity contribution in [3.05, 3.63) is 53.6 Å². The first-order valence-electron chi connectivity index (χ1n) is 8.00. The van der Waals surface area contributed by atoms with Crippen molar-refractivity contribution in [1.29, 1.82) is 0 Å². The van der Waals surface area contributed by atoms with E-state index >= 15 is 0 Å². The smallest absolute Gasteiger partial charge is 0.250 e. The summed E-state index contributed by atoms with van der Waals surface area (Å²) in [6.07, 6.45) is 4.14. The molecular formula is C19H16N2O3S. The number of hydrogen-bond donors (Lipinski definition) is 1. The van der Waals surface area contributed by atoms with Crippen LogP contribution in [0.3, 0.4) is 0 Å². The molecule has 6 heteroatoms. The summed E-state index contributed by atoms with van der Waals surface area (Å²) in [6.45, 7) is 2.33. The number of ether oxygens (including phenoxy) is 2. The van der Waals surface area contributed by atoms with E-state index in [4.69, 9.17) is 9.47 Å². The van der Waals surface area contributed by atoms with Crippen LogP contribution in [0.25, 0.3) is 16.3 Å². The van der Waals surface area contributed by atoms with Crippen LogP contribution in [0.1, 0.15) is 18.1 Å². The Hall–Kier alpha value is -2.86. The Morgan fingerprint density at radius 1 is 1.28 bits per heavy atom. The molecule has 0 atom stereocenters. The van der Waals surface area contributed by atoms with Gasteiger partial charge >= 0.3 is 0 Å². The molecule has 5 nitrogen and oxygen atoms in total. The standard InChI is InChI=1S/C19H16N2O3S/c1-2-13-4-3-5-16-18(13)21-19(25-16)20-17(22)9-7-12-6-8-14-15(10-12)24-11-23-14/h3-10H,2,11H2,1H3,(H,20,21,22)/b9-7-. The summed E-state index contributed by atoms with van der Waals surface area (Å²) in [6, 6.07) is 11.7. The van der Waals surface area contributed by atoms with Crippen LogP contribution in [-0.2, 0) is 11.2 Å². The molecule has 25 heavy (non-hydrogen) atoms. The number of benzene rings is 2. The average Bonchev–Trinajstić information content (AvgIpc) is 3.25. The fourth-order valence-corrected chi connectivity index (χ4v) is 3.60. The fourth-order valence-electron chi connectivity index (χ4n) is 2.68. The van der Waals surface area contributed by atoms with Gasteiger partial charge in [0.15, 0.2) is 16.6 Å². The van der Waals surface area contributed by atoms with Gasteiger partial charge in [-0.2, -0.15) is 0 Å². The average molecular weight is 352 g/mol. The van der Waals surface area contributed by atoms with Crippen molar-refractivity contribution in [1.82, 2.24) is 4.98 Å². The second-order valence-corrected chi connectivity index (χ2v) is 6.60. The van der Waals surface area contributed by atoms with Crippen LogP contribution in [0.2, 0.25) is 0 Å². The van der Waals surface area contributed by atoms with Gasteiger partial charge in [0.2, 0.25) is 12.7 Å². The maximum Gasteiger partial charge on any atom is 0.250 e. The lowest BCUT2D eigenvalue weighted by Gasteiger charge is -1.98. The molecule has 1 N–H and O–H groups in total. The van der Waals surface area contributed by atoms with Crippen molar-refractivity contribution in [2.45, 2.75) is 13.3 Å². The van der Waals surface area contributed by atoms with Gasteiger partial charge in [-0.15, -0.1) is 0 Å². The summed E-state index contributed by atoms with van der Waals surface area (Å²) in [7, 11) is 0. The first kappa shape index (κ1) is 15.7. The zero-order valence-electron chi connectivity index (χ0n) is 13.6. The van der Waals surface area contributed by atoms with Crippen molar-refractivity contribution in [2.75, 3.05) is 12.1 Å². The number of nitrogens with one attached hydrogen (secondary N) is 1. The Kier molecular flexibility index (Phi) is 4.11. The highest BCUT2D eigenvalue weighted by Crippen LogP contribution is 2.33. The number of carbonyl (C=O) groups excluding carboxylic acids is 1. The highest BCUT2D eigenvalue weighted by Gasteiger charge is 2.12. The van der Waals surface area contributed by atoms with Crippen LogP contribution >= 0.6 is 11.3 Å². The number of carbonyl (C=O) groups is 1. The molecule has 0 bridgehead atoms. The van der Waals surface area contributed by atoms with E-state index in [9.17, 15) is 4.79 Å². The van der Waals surface area contributed by atoms with Crippen LogP contribution in [0.15, 0.2) is 42.5 Å². The van der Waals surface area contributed by atoms with Crippen molar-refractivity contribution >= 4 is 38.7 Å². The summed E-state index contributed by atoms with van der Waals surface area (Å²) >= 11 is 1.48. The van der Waals surface area contributed by atoms with Crippen LogP contribution in [0, 0.1) is 0 Å². The highest BCUT2D eigenvalue weighted by molar-refractivity contribution is 7.22. The van der Waals surface area contributed by atoms with E-state index in [1.807, 2.05) is 30.3 Å². The predicted octanol–water partition coefficient (Wildman–Crippen LogP) is 4.24. The zero-order valence-corrected chi connectivity index (χ0v) is 14.4. The lowest BCUT2D eigenvalue weighted by Crippen LogP contribution is -2.07. The summed E-state index contributed by atoms with van der Waals surface area (Å²) in [4.78, 5) is 16.7. The number of rotatable bonds is 4. The molecule has 126 valence electrons. The number of aryl methyl sites for hydroxylation is 1. The van der Waals surface area contributed by atoms with Gasteiger partial charge in [-0.25, -0.2) is 4.98 Å². The molecule has 3 aromatic rings. The molecule has 0 fully saturated rings. The first-order valence-corrected chi connectivity index (χ1v) is 8.82. The molecule has 1 aliphatic heterocycles. The van der Waals surface area contributed by atoms with Gasteiger partial charge in [0.1, 0.15) is 0 Å². The highest BCUT2D eigenvalue weighted by atomic mass is 32.1.